The molecule has 0 unspecified atom stereocenters. The minimum atomic E-state index is 0.265. The molecule has 2 atom stereocenters. The first-order chi connectivity index (χ1) is 9.91. The van der Waals surface area contributed by atoms with Gasteiger partial charge in [-0.25, -0.2) is 0 Å². The lowest BCUT2D eigenvalue weighted by Crippen LogP contribution is -2.66. The summed E-state index contributed by atoms with van der Waals surface area (Å²) in [5.74, 6) is 0.832. The highest BCUT2D eigenvalue weighted by Gasteiger charge is 2.54. The van der Waals surface area contributed by atoms with Crippen LogP contribution < -0.4 is 4.90 Å². The summed E-state index contributed by atoms with van der Waals surface area (Å²) in [6.45, 7) is 1.22. The second-order valence-electron chi connectivity index (χ2n) is 6.18. The second kappa shape index (κ2) is 4.66. The van der Waals surface area contributed by atoms with E-state index in [1.54, 1.807) is 0 Å². The number of hydrogen-bond donors (Lipinski definition) is 0. The van der Waals surface area contributed by atoms with Crippen molar-refractivity contribution >= 4 is 5.69 Å². The van der Waals surface area contributed by atoms with E-state index < -0.39 is 0 Å². The first kappa shape index (κ1) is 12.0. The highest BCUT2D eigenvalue weighted by molar-refractivity contribution is 5.56. The Morgan fingerprint density at radius 2 is 1.55 bits per heavy atom. The fraction of sp³-hybridized carbons (Fsp3) is 0.368. The molecule has 2 fully saturated rings. The van der Waals surface area contributed by atoms with Crippen LogP contribution in [-0.2, 0) is 5.54 Å². The summed E-state index contributed by atoms with van der Waals surface area (Å²) in [6, 6.07) is 22.1. The van der Waals surface area contributed by atoms with Gasteiger partial charge in [-0.2, -0.15) is 0 Å². The van der Waals surface area contributed by atoms with Gasteiger partial charge >= 0.3 is 0 Å². The third kappa shape index (κ3) is 1.62. The van der Waals surface area contributed by atoms with Crippen LogP contribution >= 0.6 is 0 Å². The molecule has 102 valence electrons. The van der Waals surface area contributed by atoms with Crippen LogP contribution in [-0.4, -0.2) is 6.54 Å². The Labute approximate surface area is 121 Å². The molecule has 0 amide bonds. The third-order valence-electron chi connectivity index (χ3n) is 5.26. The highest BCUT2D eigenvalue weighted by atomic mass is 15.3. The Morgan fingerprint density at radius 3 is 2.25 bits per heavy atom. The van der Waals surface area contributed by atoms with Crippen LogP contribution in [0, 0.1) is 5.92 Å². The highest BCUT2D eigenvalue weighted by Crippen LogP contribution is 2.55. The molecule has 1 aliphatic carbocycles. The van der Waals surface area contributed by atoms with E-state index in [4.69, 9.17) is 0 Å². The van der Waals surface area contributed by atoms with E-state index in [-0.39, 0.29) is 5.54 Å². The van der Waals surface area contributed by atoms with E-state index in [2.05, 4.69) is 65.6 Å². The van der Waals surface area contributed by atoms with Gasteiger partial charge in [0, 0.05) is 18.2 Å². The van der Waals surface area contributed by atoms with Crippen molar-refractivity contribution in [2.45, 2.75) is 31.2 Å². The van der Waals surface area contributed by atoms with Gasteiger partial charge < -0.3 is 4.90 Å². The molecular formula is C19H21N. The average Bonchev–Trinajstić information content (AvgIpc) is 2.51. The molecular weight excluding hydrogens is 242 g/mol. The van der Waals surface area contributed by atoms with Gasteiger partial charge in [-0.05, 0) is 30.5 Å². The number of rotatable bonds is 2. The van der Waals surface area contributed by atoms with Crippen molar-refractivity contribution in [2.24, 2.45) is 5.92 Å². The molecule has 4 rings (SSSR count). The quantitative estimate of drug-likeness (QED) is 0.766. The van der Waals surface area contributed by atoms with Crippen molar-refractivity contribution in [1.29, 1.82) is 0 Å². The van der Waals surface area contributed by atoms with Gasteiger partial charge in [0.05, 0.1) is 5.54 Å². The lowest BCUT2D eigenvalue weighted by atomic mass is 9.61. The molecule has 0 spiro atoms. The molecule has 2 aromatic carbocycles. The van der Waals surface area contributed by atoms with E-state index in [0.717, 1.165) is 5.92 Å². The van der Waals surface area contributed by atoms with E-state index in [0.29, 0.717) is 0 Å². The number of nitrogens with zero attached hydrogens (tertiary/aromatic N) is 1. The minimum Gasteiger partial charge on any atom is -0.361 e. The molecule has 1 heterocycles. The lowest BCUT2D eigenvalue weighted by Gasteiger charge is -2.63. The van der Waals surface area contributed by atoms with Gasteiger partial charge in [0.15, 0.2) is 0 Å². The van der Waals surface area contributed by atoms with Crippen molar-refractivity contribution in [3.63, 3.8) is 0 Å². The Hall–Kier alpha value is -1.76. The van der Waals surface area contributed by atoms with Gasteiger partial charge in [-0.3, -0.25) is 0 Å². The number of benzene rings is 2. The fourth-order valence-corrected chi connectivity index (χ4v) is 4.30. The zero-order chi connectivity index (χ0) is 13.4. The number of anilines is 1. The van der Waals surface area contributed by atoms with Crippen LogP contribution in [0.2, 0.25) is 0 Å². The summed E-state index contributed by atoms with van der Waals surface area (Å²) in [5, 5.41) is 0. The van der Waals surface area contributed by atoms with Crippen molar-refractivity contribution in [2.75, 3.05) is 11.4 Å². The SMILES string of the molecule is c1ccc(N2C[C@@H]3CCCC[C@@]32c2ccccc2)cc1. The van der Waals surface area contributed by atoms with Crippen molar-refractivity contribution in [3.8, 4) is 0 Å². The first-order valence-corrected chi connectivity index (χ1v) is 7.79. The lowest BCUT2D eigenvalue weighted by molar-refractivity contribution is 0.0965. The molecule has 0 bridgehead atoms. The molecule has 1 saturated carbocycles. The summed E-state index contributed by atoms with van der Waals surface area (Å²) in [5.41, 5.74) is 3.16. The van der Waals surface area contributed by atoms with E-state index in [1.807, 2.05) is 0 Å². The number of para-hydroxylation sites is 1. The molecule has 0 N–H and O–H groups in total. The molecule has 0 radical (unpaired) electrons. The largest absolute Gasteiger partial charge is 0.361 e. The summed E-state index contributed by atoms with van der Waals surface area (Å²) < 4.78 is 0. The van der Waals surface area contributed by atoms with Crippen LogP contribution in [0.15, 0.2) is 60.7 Å². The summed E-state index contributed by atoms with van der Waals surface area (Å²) in [6.07, 6.45) is 5.45. The van der Waals surface area contributed by atoms with Gasteiger partial charge in [0.2, 0.25) is 0 Å². The number of fused-ring (bicyclic) bond motifs is 1. The zero-order valence-corrected chi connectivity index (χ0v) is 11.8. The van der Waals surface area contributed by atoms with Gasteiger partial charge in [-0.1, -0.05) is 61.4 Å². The van der Waals surface area contributed by atoms with Crippen molar-refractivity contribution in [3.05, 3.63) is 66.2 Å². The second-order valence-corrected chi connectivity index (χ2v) is 6.18. The molecule has 1 aliphatic heterocycles. The molecule has 2 aliphatic rings. The first-order valence-electron chi connectivity index (χ1n) is 7.79. The van der Waals surface area contributed by atoms with Crippen LogP contribution in [0.3, 0.4) is 0 Å². The maximum Gasteiger partial charge on any atom is 0.0698 e. The van der Waals surface area contributed by atoms with Gasteiger partial charge in [-0.15, -0.1) is 0 Å². The normalized spacial score (nSPS) is 28.6. The maximum atomic E-state index is 2.64. The molecule has 1 saturated heterocycles. The Morgan fingerprint density at radius 1 is 0.850 bits per heavy atom. The van der Waals surface area contributed by atoms with Gasteiger partial charge in [0.25, 0.3) is 0 Å². The summed E-state index contributed by atoms with van der Waals surface area (Å²) in [7, 11) is 0. The molecule has 20 heavy (non-hydrogen) atoms. The van der Waals surface area contributed by atoms with E-state index in [1.165, 1.54) is 43.5 Å². The van der Waals surface area contributed by atoms with Crippen LogP contribution in [0.4, 0.5) is 5.69 Å². The predicted octanol–water partition coefficient (Wildman–Crippen LogP) is 4.59. The summed E-state index contributed by atoms with van der Waals surface area (Å²) >= 11 is 0. The molecule has 1 nitrogen and oxygen atoms in total. The molecule has 0 aromatic heterocycles. The Bertz CT molecular complexity index is 577. The fourth-order valence-electron chi connectivity index (χ4n) is 4.30. The topological polar surface area (TPSA) is 3.24 Å². The molecule has 1 heteroatoms. The smallest absolute Gasteiger partial charge is 0.0698 e. The third-order valence-corrected chi connectivity index (χ3v) is 5.26. The van der Waals surface area contributed by atoms with E-state index in [9.17, 15) is 0 Å². The monoisotopic (exact) mass is 263 g/mol. The minimum absolute atomic E-state index is 0.265. The van der Waals surface area contributed by atoms with Crippen LogP contribution in [0.25, 0.3) is 0 Å². The van der Waals surface area contributed by atoms with Crippen LogP contribution in [0.5, 0.6) is 0 Å². The standard InChI is InChI=1S/C19H21N/c1-3-9-16(10-4-1)19-14-8-7-11-17(19)15-20(19)18-12-5-2-6-13-18/h1-6,9-10,12-13,17H,7-8,11,14-15H2/t17-,19+/m0/s1. The van der Waals surface area contributed by atoms with Crippen molar-refractivity contribution in [1.82, 2.24) is 0 Å². The number of hydrogen-bond acceptors (Lipinski definition) is 1. The van der Waals surface area contributed by atoms with Crippen molar-refractivity contribution < 1.29 is 0 Å². The average molecular weight is 263 g/mol. The van der Waals surface area contributed by atoms with Crippen LogP contribution in [0.1, 0.15) is 31.2 Å². The van der Waals surface area contributed by atoms with Gasteiger partial charge in [0.1, 0.15) is 0 Å². The Kier molecular flexibility index (Phi) is 2.80. The predicted molar refractivity (Wildman–Crippen MR) is 83.9 cm³/mol. The maximum absolute atomic E-state index is 2.64. The molecule has 2 aromatic rings. The summed E-state index contributed by atoms with van der Waals surface area (Å²) in [4.78, 5) is 2.64. The Balaban J connectivity index is 1.78. The zero-order valence-electron chi connectivity index (χ0n) is 11.8. The van der Waals surface area contributed by atoms with E-state index >= 15 is 0 Å².